The molecule has 1 saturated heterocycles. The molecule has 0 bridgehead atoms. The van der Waals surface area contributed by atoms with Crippen LogP contribution in [-0.4, -0.2) is 69.6 Å². The predicted molar refractivity (Wildman–Crippen MR) is 219 cm³/mol. The van der Waals surface area contributed by atoms with Gasteiger partial charge in [0, 0.05) is 40.6 Å². The van der Waals surface area contributed by atoms with E-state index in [9.17, 15) is 28.8 Å². The molecule has 1 aliphatic carbocycles. The van der Waals surface area contributed by atoms with E-state index in [1.165, 1.54) is 11.0 Å². The van der Waals surface area contributed by atoms with Crippen LogP contribution in [0.4, 0.5) is 5.69 Å². The predicted octanol–water partition coefficient (Wildman–Crippen LogP) is 5.70. The smallest absolute Gasteiger partial charge is 0.293 e. The fraction of sp³-hybridized carbons (Fsp3) is 0.488. The molecule has 2 aromatic carbocycles. The third-order valence-corrected chi connectivity index (χ3v) is 11.4. The number of nitrogens with zero attached hydrogens (tertiary/aromatic N) is 1. The summed E-state index contributed by atoms with van der Waals surface area (Å²) in [5.74, 6) is -2.84. The van der Waals surface area contributed by atoms with E-state index in [0.29, 0.717) is 34.8 Å². The second-order valence-electron chi connectivity index (χ2n) is 16.8. The van der Waals surface area contributed by atoms with Crippen molar-refractivity contribution in [2.45, 2.75) is 116 Å². The van der Waals surface area contributed by atoms with Crippen molar-refractivity contribution in [3.05, 3.63) is 81.1 Å². The molecular formula is C43H53ClN6O7. The van der Waals surface area contributed by atoms with Crippen molar-refractivity contribution < 1.29 is 28.8 Å². The molecule has 2 aliphatic heterocycles. The van der Waals surface area contributed by atoms with E-state index in [0.717, 1.165) is 48.6 Å². The number of aromatic amines is 1. The molecule has 4 atom stereocenters. The Hall–Kier alpha value is -5.01. The number of hydrogen-bond donors (Lipinski definition) is 5. The molecule has 1 spiro atoms. The number of fused-ring (bicyclic) bond motifs is 1. The number of rotatable bonds is 12. The number of aromatic nitrogens is 1. The average molecular weight is 801 g/mol. The lowest BCUT2D eigenvalue weighted by molar-refractivity contribution is -0.145. The molecule has 3 heterocycles. The van der Waals surface area contributed by atoms with Crippen molar-refractivity contribution in [1.82, 2.24) is 26.0 Å². The van der Waals surface area contributed by atoms with Gasteiger partial charge in [0.05, 0.1) is 23.8 Å². The van der Waals surface area contributed by atoms with Gasteiger partial charge in [-0.1, -0.05) is 83.2 Å². The number of pyridine rings is 1. The van der Waals surface area contributed by atoms with Crippen LogP contribution >= 0.6 is 11.6 Å². The standard InChI is InChI=1S/C43H53ClN6O7/c1-6-11-31(37(53)40(55)45-29-16-17-30-25(2)18-35(51)46-32(30)21-29)47-39(54)34-23-43(22-33(49-57-43)27-14-10-15-28(44)20-27)24-50(34)41(56)38(42(3,4)5)48-36(52)19-26-12-8-7-9-13-26/h10,14-18,20-22,26,31,34,38,49H,6-9,11-13,19,23-24H2,1-5H3,(H,45,55)(H,46,51)(H,47,54)(H,48,52)/t31-,34-,38+,43+/m0/s1. The molecule has 13 nitrogen and oxygen atoms in total. The van der Waals surface area contributed by atoms with Crippen molar-refractivity contribution in [3.8, 4) is 0 Å². The van der Waals surface area contributed by atoms with Gasteiger partial charge in [0.25, 0.3) is 5.91 Å². The van der Waals surface area contributed by atoms with Crippen LogP contribution in [0.1, 0.15) is 96.6 Å². The number of anilines is 1. The minimum absolute atomic E-state index is 0.0253. The number of hydroxylamine groups is 1. The van der Waals surface area contributed by atoms with E-state index in [2.05, 4.69) is 26.4 Å². The first-order valence-corrected chi connectivity index (χ1v) is 20.3. The summed E-state index contributed by atoms with van der Waals surface area (Å²) in [5.41, 5.74) is 3.73. The molecule has 4 amide bonds. The molecule has 2 fully saturated rings. The summed E-state index contributed by atoms with van der Waals surface area (Å²) < 4.78 is 0. The number of ketones is 1. The van der Waals surface area contributed by atoms with Gasteiger partial charge in [-0.25, -0.2) is 0 Å². The van der Waals surface area contributed by atoms with E-state index in [-0.39, 0.29) is 36.8 Å². The van der Waals surface area contributed by atoms with Gasteiger partial charge < -0.3 is 25.8 Å². The highest BCUT2D eigenvalue weighted by Gasteiger charge is 2.54. The largest absolute Gasteiger partial charge is 0.344 e. The number of aryl methyl sites for hydroxylation is 1. The summed E-state index contributed by atoms with van der Waals surface area (Å²) in [6.07, 6.45) is 8.09. The monoisotopic (exact) mass is 800 g/mol. The highest BCUT2D eigenvalue weighted by atomic mass is 35.5. The van der Waals surface area contributed by atoms with Crippen molar-refractivity contribution in [2.24, 2.45) is 11.3 Å². The van der Waals surface area contributed by atoms with Gasteiger partial charge in [0.2, 0.25) is 29.1 Å². The van der Waals surface area contributed by atoms with Gasteiger partial charge in [-0.3, -0.25) is 39.1 Å². The van der Waals surface area contributed by atoms with Crippen LogP contribution in [-0.2, 0) is 28.8 Å². The Kier molecular flexibility index (Phi) is 12.6. The van der Waals surface area contributed by atoms with Gasteiger partial charge in [0.1, 0.15) is 17.7 Å². The SMILES string of the molecule is CCC[C@H](NC(=O)[C@@H]1C[C@]2(C=C(c3cccc(Cl)c3)NO2)CN1C(=O)[C@@H](NC(=O)CC1CCCCC1)C(C)(C)C)C(=O)C(=O)Nc1ccc2c(C)cc(=O)[nH]c2c1. The molecule has 57 heavy (non-hydrogen) atoms. The normalized spacial score (nSPS) is 20.8. The number of carbonyl (C=O) groups is 5. The van der Waals surface area contributed by atoms with Crippen LogP contribution in [0.15, 0.2) is 59.4 Å². The lowest BCUT2D eigenvalue weighted by Gasteiger charge is -2.36. The topological polar surface area (TPSA) is 179 Å². The molecule has 3 aromatic rings. The third kappa shape index (κ3) is 9.76. The first kappa shape index (κ1) is 41.6. The van der Waals surface area contributed by atoms with Gasteiger partial charge in [0.15, 0.2) is 0 Å². The highest BCUT2D eigenvalue weighted by molar-refractivity contribution is 6.42. The Morgan fingerprint density at radius 1 is 1.02 bits per heavy atom. The number of Topliss-reactive ketones (excluding diaryl/α,β-unsaturated/α-hetero) is 1. The van der Waals surface area contributed by atoms with Gasteiger partial charge in [-0.15, -0.1) is 0 Å². The molecule has 1 aromatic heterocycles. The molecule has 5 N–H and O–H groups in total. The molecule has 14 heteroatoms. The summed E-state index contributed by atoms with van der Waals surface area (Å²) in [4.78, 5) is 92.1. The minimum atomic E-state index is -1.20. The zero-order chi connectivity index (χ0) is 41.1. The third-order valence-electron chi connectivity index (χ3n) is 11.2. The number of halogens is 1. The van der Waals surface area contributed by atoms with E-state index >= 15 is 0 Å². The molecule has 0 unspecified atom stereocenters. The first-order chi connectivity index (χ1) is 27.1. The number of H-pyrrole nitrogens is 1. The summed E-state index contributed by atoms with van der Waals surface area (Å²) in [5, 5.41) is 9.74. The maximum absolute atomic E-state index is 14.7. The second kappa shape index (κ2) is 17.2. The van der Waals surface area contributed by atoms with Gasteiger partial charge >= 0.3 is 0 Å². The Labute approximate surface area is 337 Å². The maximum atomic E-state index is 14.7. The van der Waals surface area contributed by atoms with Crippen molar-refractivity contribution in [2.75, 3.05) is 11.9 Å². The fourth-order valence-corrected chi connectivity index (χ4v) is 8.39. The number of carbonyl (C=O) groups excluding carboxylic acids is 5. The highest BCUT2D eigenvalue weighted by Crippen LogP contribution is 2.39. The van der Waals surface area contributed by atoms with Crippen LogP contribution in [0.5, 0.6) is 0 Å². The van der Waals surface area contributed by atoms with E-state index in [4.69, 9.17) is 16.4 Å². The Bertz CT molecular complexity index is 2140. The van der Waals surface area contributed by atoms with Crippen molar-refractivity contribution in [3.63, 3.8) is 0 Å². The minimum Gasteiger partial charge on any atom is -0.344 e. The number of likely N-dealkylation sites (tertiary alicyclic amines) is 1. The zero-order valence-electron chi connectivity index (χ0n) is 33.3. The summed E-state index contributed by atoms with van der Waals surface area (Å²) in [6.45, 7) is 9.21. The summed E-state index contributed by atoms with van der Waals surface area (Å²) in [7, 11) is 0. The number of nitrogens with one attached hydrogen (secondary N) is 5. The Morgan fingerprint density at radius 2 is 1.77 bits per heavy atom. The Balaban J connectivity index is 1.25. The maximum Gasteiger partial charge on any atom is 0.293 e. The first-order valence-electron chi connectivity index (χ1n) is 19.9. The quantitative estimate of drug-likeness (QED) is 0.145. The second-order valence-corrected chi connectivity index (χ2v) is 17.3. The lowest BCUT2D eigenvalue weighted by Crippen LogP contribution is -2.59. The fourth-order valence-electron chi connectivity index (χ4n) is 8.20. The van der Waals surface area contributed by atoms with Crippen LogP contribution in [0.2, 0.25) is 5.02 Å². The van der Waals surface area contributed by atoms with Crippen LogP contribution in [0.3, 0.4) is 0 Å². The average Bonchev–Trinajstić information content (AvgIpc) is 3.76. The number of hydrogen-bond acceptors (Lipinski definition) is 8. The van der Waals surface area contributed by atoms with Crippen LogP contribution < -0.4 is 27.0 Å². The van der Waals surface area contributed by atoms with Crippen LogP contribution in [0.25, 0.3) is 16.6 Å². The van der Waals surface area contributed by atoms with Crippen LogP contribution in [0, 0.1) is 18.3 Å². The number of amides is 4. The molecule has 3 aliphatic rings. The van der Waals surface area contributed by atoms with Gasteiger partial charge in [-0.2, -0.15) is 0 Å². The summed E-state index contributed by atoms with van der Waals surface area (Å²) >= 11 is 6.28. The number of benzene rings is 2. The molecule has 6 rings (SSSR count). The lowest BCUT2D eigenvalue weighted by atomic mass is 9.84. The molecular weight excluding hydrogens is 748 g/mol. The molecule has 1 saturated carbocycles. The zero-order valence-corrected chi connectivity index (χ0v) is 34.0. The van der Waals surface area contributed by atoms with E-state index < -0.39 is 52.6 Å². The van der Waals surface area contributed by atoms with Crippen molar-refractivity contribution >= 4 is 63.3 Å². The van der Waals surface area contributed by atoms with E-state index in [1.807, 2.05) is 39.8 Å². The summed E-state index contributed by atoms with van der Waals surface area (Å²) in [6, 6.07) is 10.3. The van der Waals surface area contributed by atoms with Crippen molar-refractivity contribution in [1.29, 1.82) is 0 Å². The molecule has 304 valence electrons. The van der Waals surface area contributed by atoms with Gasteiger partial charge in [-0.05, 0) is 73.4 Å². The Morgan fingerprint density at radius 3 is 2.47 bits per heavy atom. The molecule has 0 radical (unpaired) electrons. The van der Waals surface area contributed by atoms with E-state index in [1.54, 1.807) is 43.3 Å².